The zero-order chi connectivity index (χ0) is 22.6. The molecule has 0 spiro atoms. The molecule has 0 radical (unpaired) electrons. The van der Waals surface area contributed by atoms with Crippen molar-refractivity contribution in [2.24, 2.45) is 5.92 Å². The third-order valence-corrected chi connectivity index (χ3v) is 6.43. The molecule has 0 amide bonds. The van der Waals surface area contributed by atoms with E-state index in [0.29, 0.717) is 11.7 Å². The summed E-state index contributed by atoms with van der Waals surface area (Å²) in [4.78, 5) is 0. The zero-order valence-corrected chi connectivity index (χ0v) is 18.7. The number of para-hydroxylation sites is 1. The fourth-order valence-corrected chi connectivity index (χ4v) is 4.75. The van der Waals surface area contributed by atoms with E-state index >= 15 is 0 Å². The predicted molar refractivity (Wildman–Crippen MR) is 133 cm³/mol. The van der Waals surface area contributed by atoms with E-state index in [1.807, 2.05) is 25.1 Å². The van der Waals surface area contributed by atoms with Gasteiger partial charge >= 0.3 is 0 Å². The zero-order valence-electron chi connectivity index (χ0n) is 18.7. The van der Waals surface area contributed by atoms with Gasteiger partial charge in [0.15, 0.2) is 0 Å². The molecule has 0 aliphatic rings. The van der Waals surface area contributed by atoms with Gasteiger partial charge in [0.2, 0.25) is 0 Å². The first-order chi connectivity index (χ1) is 16.2. The van der Waals surface area contributed by atoms with Crippen molar-refractivity contribution in [3.63, 3.8) is 0 Å². The number of aromatic hydroxyl groups is 1. The second-order valence-electron chi connectivity index (χ2n) is 8.68. The second kappa shape index (κ2) is 9.29. The Hall–Kier alpha value is -3.92. The molecule has 0 saturated carbocycles. The van der Waals surface area contributed by atoms with Crippen LogP contribution in [0.5, 0.6) is 5.75 Å². The summed E-state index contributed by atoms with van der Waals surface area (Å²) in [5.41, 5.74) is 8.60. The van der Waals surface area contributed by atoms with Crippen LogP contribution in [0, 0.1) is 12.8 Å². The summed E-state index contributed by atoms with van der Waals surface area (Å²) in [7, 11) is 0. The summed E-state index contributed by atoms with van der Waals surface area (Å²) in [5, 5.41) is 22.0. The summed E-state index contributed by atoms with van der Waals surface area (Å²) in [6, 6.07) is 31.2. The van der Waals surface area contributed by atoms with Crippen LogP contribution in [-0.2, 0) is 19.3 Å². The molecule has 0 atom stereocenters. The van der Waals surface area contributed by atoms with Gasteiger partial charge < -0.3 is 5.11 Å². The molecular weight excluding hydrogens is 406 g/mol. The predicted octanol–water partition coefficient (Wildman–Crippen LogP) is 6.28. The van der Waals surface area contributed by atoms with Crippen LogP contribution in [0.3, 0.4) is 0 Å². The lowest BCUT2D eigenvalue weighted by Crippen LogP contribution is -2.13. The molecule has 5 rings (SSSR count). The molecule has 2 N–H and O–H groups in total. The molecule has 5 aromatic rings. The molecule has 4 heteroatoms. The van der Waals surface area contributed by atoms with Crippen molar-refractivity contribution in [1.29, 1.82) is 0 Å². The average Bonchev–Trinajstić information content (AvgIpc) is 3.33. The number of phenols is 1. The maximum Gasteiger partial charge on any atom is 0.120 e. The number of phenolic OH excluding ortho intramolecular Hbond substituents is 1. The van der Waals surface area contributed by atoms with Crippen molar-refractivity contribution in [3.05, 3.63) is 113 Å². The van der Waals surface area contributed by atoms with Gasteiger partial charge in [-0.1, -0.05) is 78.9 Å². The fourth-order valence-electron chi connectivity index (χ4n) is 4.75. The summed E-state index contributed by atoms with van der Waals surface area (Å²) in [6.45, 7) is 2.01. The van der Waals surface area contributed by atoms with Gasteiger partial charge in [0.25, 0.3) is 0 Å². The van der Waals surface area contributed by atoms with Crippen molar-refractivity contribution in [2.45, 2.75) is 26.2 Å². The number of aromatic amines is 1. The van der Waals surface area contributed by atoms with Gasteiger partial charge in [0.1, 0.15) is 16.8 Å². The molecule has 33 heavy (non-hydrogen) atoms. The van der Waals surface area contributed by atoms with Crippen molar-refractivity contribution >= 4 is 11.0 Å². The Morgan fingerprint density at radius 2 is 1.36 bits per heavy atom. The van der Waals surface area contributed by atoms with Gasteiger partial charge in [-0.2, -0.15) is 15.4 Å². The van der Waals surface area contributed by atoms with Crippen LogP contribution >= 0.6 is 0 Å². The molecule has 1 heterocycles. The van der Waals surface area contributed by atoms with Crippen LogP contribution in [0.2, 0.25) is 0 Å². The van der Waals surface area contributed by atoms with Crippen LogP contribution in [0.25, 0.3) is 22.2 Å². The minimum Gasteiger partial charge on any atom is -0.508 e. The maximum atomic E-state index is 10.6. The van der Waals surface area contributed by atoms with E-state index in [0.717, 1.165) is 47.0 Å². The van der Waals surface area contributed by atoms with Crippen molar-refractivity contribution in [2.75, 3.05) is 0 Å². The number of hydrogen-bond acceptors (Lipinski definition) is 3. The average molecular weight is 434 g/mol. The molecule has 0 aliphatic heterocycles. The normalized spacial score (nSPS) is 11.3. The van der Waals surface area contributed by atoms with Gasteiger partial charge in [-0.05, 0) is 72.1 Å². The molecule has 0 bridgehead atoms. The van der Waals surface area contributed by atoms with E-state index in [4.69, 9.17) is 0 Å². The lowest BCUT2D eigenvalue weighted by atomic mass is 9.83. The number of nitrogens with zero attached hydrogens (tertiary/aromatic N) is 2. The van der Waals surface area contributed by atoms with Crippen LogP contribution in [-0.4, -0.2) is 20.5 Å². The quantitative estimate of drug-likeness (QED) is 0.317. The number of rotatable bonds is 7. The van der Waals surface area contributed by atoms with E-state index in [1.54, 1.807) is 6.07 Å². The number of fused-ring (bicyclic) bond motifs is 1. The van der Waals surface area contributed by atoms with E-state index in [-0.39, 0.29) is 0 Å². The Labute approximate surface area is 193 Å². The van der Waals surface area contributed by atoms with Crippen LogP contribution in [0.4, 0.5) is 0 Å². The first-order valence-corrected chi connectivity index (χ1v) is 11.4. The summed E-state index contributed by atoms with van der Waals surface area (Å²) in [6.07, 6.45) is 2.80. The van der Waals surface area contributed by atoms with Crippen molar-refractivity contribution < 1.29 is 5.11 Å². The first-order valence-electron chi connectivity index (χ1n) is 11.4. The molecule has 0 unspecified atom stereocenters. The van der Waals surface area contributed by atoms with Gasteiger partial charge in [-0.3, -0.25) is 0 Å². The first kappa shape index (κ1) is 21.0. The van der Waals surface area contributed by atoms with E-state index < -0.39 is 0 Å². The summed E-state index contributed by atoms with van der Waals surface area (Å²) in [5.74, 6) is 0.713. The van der Waals surface area contributed by atoms with E-state index in [1.165, 1.54) is 16.7 Å². The minimum atomic E-state index is 0.333. The molecular formula is C29H27N3O. The molecule has 0 aliphatic carbocycles. The summed E-state index contributed by atoms with van der Waals surface area (Å²) >= 11 is 0. The SMILES string of the molecule is Cc1c(O)ccc(-c2cccc3n[nH]nc23)c1CC(Cc1ccccc1)Cc1ccccc1. The van der Waals surface area contributed by atoms with Gasteiger partial charge in [0.05, 0.1) is 0 Å². The molecule has 4 nitrogen and oxygen atoms in total. The molecule has 4 aromatic carbocycles. The smallest absolute Gasteiger partial charge is 0.120 e. The number of H-pyrrole nitrogens is 1. The summed E-state index contributed by atoms with van der Waals surface area (Å²) < 4.78 is 0. The topological polar surface area (TPSA) is 61.8 Å². The van der Waals surface area contributed by atoms with Crippen molar-refractivity contribution in [3.8, 4) is 16.9 Å². The Kier molecular flexibility index (Phi) is 5.90. The van der Waals surface area contributed by atoms with Crippen LogP contribution in [0.15, 0.2) is 91.0 Å². The maximum absolute atomic E-state index is 10.6. The highest BCUT2D eigenvalue weighted by Crippen LogP contribution is 2.36. The number of nitrogens with one attached hydrogen (secondary N) is 1. The highest BCUT2D eigenvalue weighted by atomic mass is 16.3. The van der Waals surface area contributed by atoms with E-state index in [9.17, 15) is 5.11 Å². The Morgan fingerprint density at radius 3 is 2.03 bits per heavy atom. The van der Waals surface area contributed by atoms with Crippen LogP contribution in [0.1, 0.15) is 22.3 Å². The highest BCUT2D eigenvalue weighted by Gasteiger charge is 2.20. The van der Waals surface area contributed by atoms with Gasteiger partial charge in [-0.25, -0.2) is 0 Å². The van der Waals surface area contributed by atoms with E-state index in [2.05, 4.69) is 82.1 Å². The van der Waals surface area contributed by atoms with Gasteiger partial charge in [-0.15, -0.1) is 0 Å². The van der Waals surface area contributed by atoms with Crippen molar-refractivity contribution in [1.82, 2.24) is 15.4 Å². The Morgan fingerprint density at radius 1 is 0.697 bits per heavy atom. The lowest BCUT2D eigenvalue weighted by molar-refractivity contribution is 0.467. The number of benzene rings is 4. The second-order valence-corrected chi connectivity index (χ2v) is 8.68. The fraction of sp³-hybridized carbons (Fsp3) is 0.172. The number of hydrogen-bond donors (Lipinski definition) is 2. The molecule has 0 saturated heterocycles. The Bertz CT molecular complexity index is 1320. The van der Waals surface area contributed by atoms with Crippen LogP contribution < -0.4 is 0 Å². The Balaban J connectivity index is 1.57. The molecule has 1 aromatic heterocycles. The van der Waals surface area contributed by atoms with Gasteiger partial charge in [0, 0.05) is 5.56 Å². The molecule has 0 fully saturated rings. The molecule has 164 valence electrons. The monoisotopic (exact) mass is 433 g/mol. The minimum absolute atomic E-state index is 0.333. The largest absolute Gasteiger partial charge is 0.508 e. The number of aromatic nitrogens is 3. The third kappa shape index (κ3) is 4.51. The lowest BCUT2D eigenvalue weighted by Gasteiger charge is -2.22. The highest BCUT2D eigenvalue weighted by molar-refractivity contribution is 5.92. The third-order valence-electron chi connectivity index (χ3n) is 6.43. The standard InChI is InChI=1S/C29H27N3O/c1-20-26(24(15-16-28(20)33)25-13-8-14-27-29(25)31-32-30-27)19-23(17-21-9-4-2-5-10-21)18-22-11-6-3-7-12-22/h2-16,23,33H,17-19H2,1H3,(H,30,31,32).